The van der Waals surface area contributed by atoms with Crippen molar-refractivity contribution < 1.29 is 5.21 Å². The molecular formula is C12H20N4O. The van der Waals surface area contributed by atoms with Gasteiger partial charge in [-0.1, -0.05) is 19.0 Å². The molecule has 0 amide bonds. The first-order chi connectivity index (χ1) is 8.04. The third kappa shape index (κ3) is 3.94. The number of rotatable bonds is 5. The Hall–Kier alpha value is -1.78. The standard InChI is InChI=1S/C12H20N4O/c1-9(2)6-7-16(3)11-5-4-10(8-14-11)12(13)15-17/h4-5,8-9,17H,6-7H2,1-3H3,(H2,13,15). The Labute approximate surface area is 102 Å². The molecule has 1 rings (SSSR count). The van der Waals surface area contributed by atoms with Gasteiger partial charge in [0.2, 0.25) is 0 Å². The molecule has 0 aliphatic heterocycles. The van der Waals surface area contributed by atoms with Gasteiger partial charge in [0.15, 0.2) is 5.84 Å². The van der Waals surface area contributed by atoms with Crippen molar-refractivity contribution in [1.82, 2.24) is 4.98 Å². The predicted molar refractivity (Wildman–Crippen MR) is 69.5 cm³/mol. The van der Waals surface area contributed by atoms with E-state index < -0.39 is 0 Å². The monoisotopic (exact) mass is 236 g/mol. The van der Waals surface area contributed by atoms with Crippen molar-refractivity contribution in [1.29, 1.82) is 0 Å². The molecule has 5 heteroatoms. The molecule has 0 saturated carbocycles. The van der Waals surface area contributed by atoms with Gasteiger partial charge < -0.3 is 15.8 Å². The van der Waals surface area contributed by atoms with Crippen molar-refractivity contribution >= 4 is 11.7 Å². The Morgan fingerprint density at radius 1 is 1.53 bits per heavy atom. The molecule has 0 aromatic carbocycles. The summed E-state index contributed by atoms with van der Waals surface area (Å²) in [5.74, 6) is 1.64. The summed E-state index contributed by atoms with van der Waals surface area (Å²) in [7, 11) is 2.01. The smallest absolute Gasteiger partial charge is 0.171 e. The lowest BCUT2D eigenvalue weighted by atomic mass is 10.1. The summed E-state index contributed by atoms with van der Waals surface area (Å²) in [5.41, 5.74) is 6.08. The molecule has 0 radical (unpaired) electrons. The van der Waals surface area contributed by atoms with Crippen LogP contribution >= 0.6 is 0 Å². The molecule has 0 saturated heterocycles. The van der Waals surface area contributed by atoms with Crippen LogP contribution in [0.2, 0.25) is 0 Å². The van der Waals surface area contributed by atoms with Crippen molar-refractivity contribution in [2.75, 3.05) is 18.5 Å². The Bertz CT molecular complexity index is 373. The van der Waals surface area contributed by atoms with Gasteiger partial charge in [0.1, 0.15) is 5.82 Å². The summed E-state index contributed by atoms with van der Waals surface area (Å²) in [6.07, 6.45) is 2.73. The van der Waals surface area contributed by atoms with E-state index in [1.54, 1.807) is 12.3 Å². The quantitative estimate of drug-likeness (QED) is 0.353. The first kappa shape index (κ1) is 13.3. The van der Waals surface area contributed by atoms with Crippen LogP contribution < -0.4 is 10.6 Å². The van der Waals surface area contributed by atoms with Crippen molar-refractivity contribution in [3.05, 3.63) is 23.9 Å². The lowest BCUT2D eigenvalue weighted by Crippen LogP contribution is -2.21. The summed E-state index contributed by atoms with van der Waals surface area (Å²) >= 11 is 0. The van der Waals surface area contributed by atoms with Crippen LogP contribution in [0.4, 0.5) is 5.82 Å². The molecule has 94 valence electrons. The lowest BCUT2D eigenvalue weighted by molar-refractivity contribution is 0.318. The van der Waals surface area contributed by atoms with Gasteiger partial charge in [-0.05, 0) is 24.5 Å². The van der Waals surface area contributed by atoms with Crippen molar-refractivity contribution in [3.63, 3.8) is 0 Å². The molecule has 0 aliphatic rings. The highest BCUT2D eigenvalue weighted by atomic mass is 16.4. The van der Waals surface area contributed by atoms with Gasteiger partial charge in [-0.3, -0.25) is 0 Å². The van der Waals surface area contributed by atoms with Crippen LogP contribution in [0.1, 0.15) is 25.8 Å². The highest BCUT2D eigenvalue weighted by molar-refractivity contribution is 5.96. The zero-order valence-corrected chi connectivity index (χ0v) is 10.6. The van der Waals surface area contributed by atoms with Crippen molar-refractivity contribution in [2.24, 2.45) is 16.8 Å². The van der Waals surface area contributed by atoms with Gasteiger partial charge in [0.05, 0.1) is 0 Å². The van der Waals surface area contributed by atoms with E-state index in [0.29, 0.717) is 11.5 Å². The van der Waals surface area contributed by atoms with E-state index in [1.807, 2.05) is 13.1 Å². The number of amidine groups is 1. The van der Waals surface area contributed by atoms with E-state index >= 15 is 0 Å². The minimum Gasteiger partial charge on any atom is -0.409 e. The summed E-state index contributed by atoms with van der Waals surface area (Å²) in [6.45, 7) is 5.36. The first-order valence-corrected chi connectivity index (χ1v) is 5.69. The zero-order chi connectivity index (χ0) is 12.8. The summed E-state index contributed by atoms with van der Waals surface area (Å²) in [6, 6.07) is 3.66. The Morgan fingerprint density at radius 3 is 2.71 bits per heavy atom. The molecule has 0 atom stereocenters. The third-order valence-corrected chi connectivity index (χ3v) is 2.58. The number of pyridine rings is 1. The van der Waals surface area contributed by atoms with Crippen LogP contribution in [-0.4, -0.2) is 29.6 Å². The molecule has 17 heavy (non-hydrogen) atoms. The average molecular weight is 236 g/mol. The molecule has 5 nitrogen and oxygen atoms in total. The highest BCUT2D eigenvalue weighted by Crippen LogP contribution is 2.11. The summed E-state index contributed by atoms with van der Waals surface area (Å²) < 4.78 is 0. The topological polar surface area (TPSA) is 74.7 Å². The number of nitrogens with zero attached hydrogens (tertiary/aromatic N) is 3. The molecule has 0 unspecified atom stereocenters. The van der Waals surface area contributed by atoms with E-state index in [4.69, 9.17) is 10.9 Å². The second-order valence-electron chi connectivity index (χ2n) is 4.49. The Kier molecular flexibility index (Phi) is 4.75. The molecule has 0 aliphatic carbocycles. The average Bonchev–Trinajstić information content (AvgIpc) is 2.35. The fourth-order valence-electron chi connectivity index (χ4n) is 1.39. The SMILES string of the molecule is CC(C)CCN(C)c1ccc(C(N)=NO)cn1. The Balaban J connectivity index is 2.67. The van der Waals surface area contributed by atoms with E-state index in [9.17, 15) is 0 Å². The highest BCUT2D eigenvalue weighted by Gasteiger charge is 2.05. The normalized spacial score (nSPS) is 11.9. The maximum atomic E-state index is 8.54. The largest absolute Gasteiger partial charge is 0.409 e. The first-order valence-electron chi connectivity index (χ1n) is 5.69. The van der Waals surface area contributed by atoms with E-state index in [-0.39, 0.29) is 5.84 Å². The Morgan fingerprint density at radius 2 is 2.24 bits per heavy atom. The molecule has 1 aromatic heterocycles. The molecule has 1 heterocycles. The number of hydrogen-bond acceptors (Lipinski definition) is 4. The fraction of sp³-hybridized carbons (Fsp3) is 0.500. The molecule has 0 spiro atoms. The molecule has 3 N–H and O–H groups in total. The van der Waals surface area contributed by atoms with Crippen LogP contribution in [0.15, 0.2) is 23.5 Å². The fourth-order valence-corrected chi connectivity index (χ4v) is 1.39. The number of anilines is 1. The van der Waals surface area contributed by atoms with E-state index in [0.717, 1.165) is 18.8 Å². The van der Waals surface area contributed by atoms with Crippen LogP contribution in [-0.2, 0) is 0 Å². The van der Waals surface area contributed by atoms with Gasteiger partial charge in [-0.15, -0.1) is 0 Å². The van der Waals surface area contributed by atoms with Gasteiger partial charge in [-0.2, -0.15) is 0 Å². The summed E-state index contributed by atoms with van der Waals surface area (Å²) in [5, 5.41) is 11.5. The molecule has 0 bridgehead atoms. The third-order valence-electron chi connectivity index (χ3n) is 2.58. The van der Waals surface area contributed by atoms with E-state index in [2.05, 4.69) is 28.9 Å². The van der Waals surface area contributed by atoms with E-state index in [1.165, 1.54) is 0 Å². The van der Waals surface area contributed by atoms with Gasteiger partial charge >= 0.3 is 0 Å². The molecular weight excluding hydrogens is 216 g/mol. The number of aromatic nitrogens is 1. The zero-order valence-electron chi connectivity index (χ0n) is 10.6. The number of hydrogen-bond donors (Lipinski definition) is 2. The van der Waals surface area contributed by atoms with Crippen LogP contribution in [0.3, 0.4) is 0 Å². The molecule has 0 fully saturated rings. The molecule has 1 aromatic rings. The van der Waals surface area contributed by atoms with Gasteiger partial charge in [-0.25, -0.2) is 4.98 Å². The maximum absolute atomic E-state index is 8.54. The predicted octanol–water partition coefficient (Wildman–Crippen LogP) is 1.66. The van der Waals surface area contributed by atoms with Crippen LogP contribution in [0, 0.1) is 5.92 Å². The van der Waals surface area contributed by atoms with Gasteiger partial charge in [0.25, 0.3) is 0 Å². The van der Waals surface area contributed by atoms with Crippen molar-refractivity contribution in [2.45, 2.75) is 20.3 Å². The second-order valence-corrected chi connectivity index (χ2v) is 4.49. The lowest BCUT2D eigenvalue weighted by Gasteiger charge is -2.19. The van der Waals surface area contributed by atoms with Crippen LogP contribution in [0.25, 0.3) is 0 Å². The summed E-state index contributed by atoms with van der Waals surface area (Å²) in [4.78, 5) is 6.37. The number of oxime groups is 1. The van der Waals surface area contributed by atoms with Gasteiger partial charge in [0, 0.05) is 25.4 Å². The minimum absolute atomic E-state index is 0.0777. The second kappa shape index (κ2) is 6.08. The minimum atomic E-state index is 0.0777. The number of nitrogens with two attached hydrogens (primary N) is 1. The van der Waals surface area contributed by atoms with Crippen molar-refractivity contribution in [3.8, 4) is 0 Å². The van der Waals surface area contributed by atoms with Crippen LogP contribution in [0.5, 0.6) is 0 Å². The maximum Gasteiger partial charge on any atom is 0.171 e.